The molecule has 0 bridgehead atoms. The minimum Gasteiger partial charge on any atom is -0.328 e. The zero-order chi connectivity index (χ0) is 12.1. The first-order valence-electron chi connectivity index (χ1n) is 6.08. The predicted molar refractivity (Wildman–Crippen MR) is 76.1 cm³/mol. The molecule has 86 valence electrons. The summed E-state index contributed by atoms with van der Waals surface area (Å²) in [6.07, 6.45) is 3.79. The van der Waals surface area contributed by atoms with Gasteiger partial charge in [0.25, 0.3) is 0 Å². The zero-order valence-corrected chi connectivity index (χ0v) is 9.93. The number of benzene rings is 2. The van der Waals surface area contributed by atoms with E-state index in [1.807, 2.05) is 12.4 Å². The van der Waals surface area contributed by atoms with Crippen LogP contribution in [-0.4, -0.2) is 9.55 Å². The van der Waals surface area contributed by atoms with E-state index in [4.69, 9.17) is 0 Å². The Hall–Kier alpha value is -2.35. The molecule has 4 rings (SSSR count). The molecule has 0 spiro atoms. The Labute approximate surface area is 104 Å². The molecule has 0 saturated carbocycles. The van der Waals surface area contributed by atoms with E-state index >= 15 is 0 Å². The van der Waals surface area contributed by atoms with E-state index in [1.165, 1.54) is 27.1 Å². The van der Waals surface area contributed by atoms with Crippen molar-refractivity contribution in [3.05, 3.63) is 55.4 Å². The first kappa shape index (κ1) is 9.66. The van der Waals surface area contributed by atoms with Crippen LogP contribution in [0.2, 0.25) is 0 Å². The molecule has 3 aromatic carbocycles. The van der Waals surface area contributed by atoms with Crippen LogP contribution in [0.4, 0.5) is 0 Å². The zero-order valence-electron chi connectivity index (χ0n) is 9.93. The number of aromatic nitrogens is 2. The van der Waals surface area contributed by atoms with Crippen molar-refractivity contribution in [3.63, 3.8) is 0 Å². The van der Waals surface area contributed by atoms with Gasteiger partial charge in [-0.3, -0.25) is 0 Å². The highest BCUT2D eigenvalue weighted by atomic mass is 15.0. The fraction of sp³-hybridized carbons (Fsp3) is 0.0625. The highest BCUT2D eigenvalue weighted by Gasteiger charge is 2.10. The van der Waals surface area contributed by atoms with Crippen LogP contribution in [0.1, 0.15) is 0 Å². The molecule has 0 saturated heterocycles. The van der Waals surface area contributed by atoms with Gasteiger partial charge >= 0.3 is 0 Å². The predicted octanol–water partition coefficient (Wildman–Crippen LogP) is 3.97. The van der Waals surface area contributed by atoms with Crippen LogP contribution in [0.3, 0.4) is 0 Å². The first-order chi connectivity index (χ1) is 8.88. The van der Waals surface area contributed by atoms with Gasteiger partial charge in [0.2, 0.25) is 0 Å². The van der Waals surface area contributed by atoms with Gasteiger partial charge in [0.15, 0.2) is 0 Å². The molecule has 0 unspecified atom stereocenters. The van der Waals surface area contributed by atoms with E-state index in [0.717, 1.165) is 12.1 Å². The average Bonchev–Trinajstić information content (AvgIpc) is 2.83. The van der Waals surface area contributed by atoms with Gasteiger partial charge in [-0.15, -0.1) is 6.58 Å². The summed E-state index contributed by atoms with van der Waals surface area (Å²) in [5.41, 5.74) is 2.29. The third kappa shape index (κ3) is 1.10. The normalized spacial score (nSPS) is 11.8. The van der Waals surface area contributed by atoms with E-state index in [0.29, 0.717) is 0 Å². The summed E-state index contributed by atoms with van der Waals surface area (Å²) in [5.74, 6) is 0. The largest absolute Gasteiger partial charge is 0.328 e. The van der Waals surface area contributed by atoms with Crippen LogP contribution in [0.5, 0.6) is 0 Å². The highest BCUT2D eigenvalue weighted by molar-refractivity contribution is 6.22. The Morgan fingerprint density at radius 2 is 1.72 bits per heavy atom. The maximum absolute atomic E-state index is 4.55. The van der Waals surface area contributed by atoms with Crippen LogP contribution in [0.25, 0.3) is 32.6 Å². The number of nitrogens with zero attached hydrogens (tertiary/aromatic N) is 2. The van der Waals surface area contributed by atoms with Crippen LogP contribution < -0.4 is 0 Å². The van der Waals surface area contributed by atoms with Gasteiger partial charge in [0.05, 0.1) is 17.4 Å². The fourth-order valence-electron chi connectivity index (χ4n) is 2.80. The van der Waals surface area contributed by atoms with Crippen LogP contribution in [0, 0.1) is 0 Å². The molecular formula is C16H12N2. The summed E-state index contributed by atoms with van der Waals surface area (Å²) in [6.45, 7) is 4.59. The minimum absolute atomic E-state index is 0.787. The molecule has 18 heavy (non-hydrogen) atoms. The molecule has 0 aliphatic heterocycles. The Balaban J connectivity index is 2.31. The van der Waals surface area contributed by atoms with Gasteiger partial charge in [0.1, 0.15) is 0 Å². The van der Waals surface area contributed by atoms with Gasteiger partial charge < -0.3 is 4.57 Å². The Morgan fingerprint density at radius 3 is 2.50 bits per heavy atom. The summed E-state index contributed by atoms with van der Waals surface area (Å²) in [6, 6.07) is 13.0. The molecule has 0 fully saturated rings. The van der Waals surface area contributed by atoms with Crippen molar-refractivity contribution < 1.29 is 0 Å². The third-order valence-electron chi connectivity index (χ3n) is 3.60. The fourth-order valence-corrected chi connectivity index (χ4v) is 2.80. The minimum atomic E-state index is 0.787. The summed E-state index contributed by atoms with van der Waals surface area (Å²) < 4.78 is 2.14. The maximum atomic E-state index is 4.55. The highest BCUT2D eigenvalue weighted by Crippen LogP contribution is 2.34. The van der Waals surface area contributed by atoms with E-state index < -0.39 is 0 Å². The van der Waals surface area contributed by atoms with Gasteiger partial charge in [0, 0.05) is 17.3 Å². The molecule has 2 heteroatoms. The molecule has 0 radical (unpaired) electrons. The van der Waals surface area contributed by atoms with Crippen molar-refractivity contribution in [1.82, 2.24) is 9.55 Å². The topological polar surface area (TPSA) is 17.8 Å². The summed E-state index contributed by atoms with van der Waals surface area (Å²) in [7, 11) is 0. The van der Waals surface area contributed by atoms with Crippen molar-refractivity contribution in [3.8, 4) is 0 Å². The smallest absolute Gasteiger partial charge is 0.0960 e. The Bertz CT molecular complexity index is 855. The second-order valence-electron chi connectivity index (χ2n) is 4.62. The molecule has 2 nitrogen and oxygen atoms in total. The van der Waals surface area contributed by atoms with Gasteiger partial charge in [-0.05, 0) is 22.9 Å². The quantitative estimate of drug-likeness (QED) is 0.478. The first-order valence-corrected chi connectivity index (χ1v) is 6.08. The molecular weight excluding hydrogens is 220 g/mol. The number of rotatable bonds is 2. The van der Waals surface area contributed by atoms with Gasteiger partial charge in [-0.1, -0.05) is 30.3 Å². The molecule has 0 atom stereocenters. The lowest BCUT2D eigenvalue weighted by Crippen LogP contribution is -2.00. The second kappa shape index (κ2) is 3.33. The van der Waals surface area contributed by atoms with Gasteiger partial charge in [-0.2, -0.15) is 0 Å². The number of allylic oxidation sites excluding steroid dienone is 1. The lowest BCUT2D eigenvalue weighted by atomic mass is 10.0. The lowest BCUT2D eigenvalue weighted by molar-refractivity contribution is 0.832. The van der Waals surface area contributed by atoms with Crippen molar-refractivity contribution >= 4 is 32.6 Å². The monoisotopic (exact) mass is 232 g/mol. The van der Waals surface area contributed by atoms with Crippen molar-refractivity contribution in [2.45, 2.75) is 6.54 Å². The molecule has 0 aliphatic rings. The molecule has 1 aromatic heterocycles. The van der Waals surface area contributed by atoms with Crippen molar-refractivity contribution in [2.75, 3.05) is 0 Å². The van der Waals surface area contributed by atoms with E-state index in [-0.39, 0.29) is 0 Å². The second-order valence-corrected chi connectivity index (χ2v) is 4.62. The molecule has 0 amide bonds. The molecule has 4 aromatic rings. The maximum Gasteiger partial charge on any atom is 0.0960 e. The Morgan fingerprint density at radius 1 is 1.00 bits per heavy atom. The number of hydrogen-bond acceptors (Lipinski definition) is 1. The lowest BCUT2D eigenvalue weighted by Gasteiger charge is -2.12. The molecule has 1 heterocycles. The molecule has 0 aliphatic carbocycles. The standard InChI is InChI=1S/C16H12N2/c1-2-9-18-10-17-13-7-5-11-3-4-12-6-8-14(18)16(13)15(11)12/h2-8,10H,1,9H2. The van der Waals surface area contributed by atoms with Crippen molar-refractivity contribution in [2.24, 2.45) is 0 Å². The van der Waals surface area contributed by atoms with E-state index in [9.17, 15) is 0 Å². The third-order valence-corrected chi connectivity index (χ3v) is 3.60. The molecule has 0 N–H and O–H groups in total. The average molecular weight is 232 g/mol. The SMILES string of the molecule is C=CCn1cnc2ccc3ccc4ccc1c2c34. The van der Waals surface area contributed by atoms with Crippen LogP contribution >= 0.6 is 0 Å². The van der Waals surface area contributed by atoms with Gasteiger partial charge in [-0.25, -0.2) is 4.98 Å². The summed E-state index contributed by atoms with van der Waals surface area (Å²) in [4.78, 5) is 4.55. The summed E-state index contributed by atoms with van der Waals surface area (Å²) in [5, 5.41) is 5.18. The number of hydrogen-bond donors (Lipinski definition) is 0. The van der Waals surface area contributed by atoms with Crippen LogP contribution in [0.15, 0.2) is 55.4 Å². The van der Waals surface area contributed by atoms with Crippen molar-refractivity contribution in [1.29, 1.82) is 0 Å². The van der Waals surface area contributed by atoms with E-state index in [2.05, 4.69) is 52.5 Å². The Kier molecular flexibility index (Phi) is 1.78. The summed E-state index contributed by atoms with van der Waals surface area (Å²) >= 11 is 0. The van der Waals surface area contributed by atoms with E-state index in [1.54, 1.807) is 0 Å². The van der Waals surface area contributed by atoms with Crippen LogP contribution in [-0.2, 0) is 6.54 Å².